The number of Topliss-reactive ketones (excluding diaryl/α,β-unsaturated/α-hetero) is 1. The lowest BCUT2D eigenvalue weighted by Crippen LogP contribution is -2.22. The Hall–Kier alpha value is -2.30. The van der Waals surface area contributed by atoms with Crippen molar-refractivity contribution >= 4 is 11.5 Å². The van der Waals surface area contributed by atoms with Crippen LogP contribution in [0.1, 0.15) is 10.4 Å². The number of hydrogen-bond acceptors (Lipinski definition) is 2. The molecule has 0 saturated carbocycles. The van der Waals surface area contributed by atoms with Crippen molar-refractivity contribution in [1.82, 2.24) is 0 Å². The highest BCUT2D eigenvalue weighted by Gasteiger charge is 2.39. The molecule has 0 spiro atoms. The maximum atomic E-state index is 12.2. The minimum absolute atomic E-state index is 0.369. The predicted molar refractivity (Wildman–Crippen MR) is 66.7 cm³/mol. The third-order valence-electron chi connectivity index (χ3n) is 2.65. The van der Waals surface area contributed by atoms with Gasteiger partial charge in [0.15, 0.2) is 0 Å². The summed E-state index contributed by atoms with van der Waals surface area (Å²) in [6, 6.07) is 12.2. The van der Waals surface area contributed by atoms with Gasteiger partial charge in [0.25, 0.3) is 5.78 Å². The molecule has 0 bridgehead atoms. The summed E-state index contributed by atoms with van der Waals surface area (Å²) < 4.78 is 36.7. The van der Waals surface area contributed by atoms with Crippen LogP contribution in [0, 0.1) is 0 Å². The van der Waals surface area contributed by atoms with Gasteiger partial charge in [-0.3, -0.25) is 4.79 Å². The maximum Gasteiger partial charge on any atom is 0.454 e. The van der Waals surface area contributed by atoms with E-state index >= 15 is 0 Å². The van der Waals surface area contributed by atoms with Crippen molar-refractivity contribution in [1.29, 1.82) is 0 Å². The molecule has 19 heavy (non-hydrogen) atoms. The number of alkyl halides is 3. The Labute approximate surface area is 107 Å². The second kappa shape index (κ2) is 4.76. The number of carbonyl (C=O) groups excluding carboxylic acids is 1. The van der Waals surface area contributed by atoms with Crippen molar-refractivity contribution in [2.75, 3.05) is 5.73 Å². The molecule has 2 aromatic carbocycles. The molecule has 0 heterocycles. The van der Waals surface area contributed by atoms with Crippen LogP contribution in [-0.4, -0.2) is 12.0 Å². The molecule has 2 aromatic rings. The van der Waals surface area contributed by atoms with Gasteiger partial charge in [-0.15, -0.1) is 0 Å². The van der Waals surface area contributed by atoms with Crippen LogP contribution >= 0.6 is 0 Å². The summed E-state index contributed by atoms with van der Waals surface area (Å²) in [7, 11) is 0. The van der Waals surface area contributed by atoms with Crippen molar-refractivity contribution in [3.05, 3.63) is 54.1 Å². The highest BCUT2D eigenvalue weighted by Crippen LogP contribution is 2.25. The summed E-state index contributed by atoms with van der Waals surface area (Å²) in [6.07, 6.45) is -4.84. The van der Waals surface area contributed by atoms with Gasteiger partial charge in [0, 0.05) is 11.3 Å². The molecule has 0 unspecified atom stereocenters. The van der Waals surface area contributed by atoms with Crippen LogP contribution in [0.4, 0.5) is 18.9 Å². The number of anilines is 1. The molecule has 0 saturated heterocycles. The standard InChI is InChI=1S/C14H10F3NO/c15-14(16,17)13(19)11-3-1-9(2-4-11)10-5-7-12(18)8-6-10/h1-8H,18H2. The summed E-state index contributed by atoms with van der Waals surface area (Å²) in [6.45, 7) is 0. The zero-order valence-corrected chi connectivity index (χ0v) is 9.74. The van der Waals surface area contributed by atoms with E-state index in [2.05, 4.69) is 0 Å². The molecule has 2 nitrogen and oxygen atoms in total. The molecule has 0 aromatic heterocycles. The molecule has 0 fully saturated rings. The number of carbonyl (C=O) groups is 1. The van der Waals surface area contributed by atoms with Crippen LogP contribution in [-0.2, 0) is 0 Å². The quantitative estimate of drug-likeness (QED) is 0.664. The second-order valence-electron chi connectivity index (χ2n) is 4.03. The lowest BCUT2D eigenvalue weighted by Gasteiger charge is -2.06. The van der Waals surface area contributed by atoms with Crippen molar-refractivity contribution in [2.24, 2.45) is 0 Å². The van der Waals surface area contributed by atoms with Crippen molar-refractivity contribution < 1.29 is 18.0 Å². The summed E-state index contributed by atoms with van der Waals surface area (Å²) >= 11 is 0. The van der Waals surface area contributed by atoms with Gasteiger partial charge in [-0.05, 0) is 23.3 Å². The smallest absolute Gasteiger partial charge is 0.399 e. The first-order chi connectivity index (χ1) is 8.88. The molecular weight excluding hydrogens is 255 g/mol. The molecule has 2 N–H and O–H groups in total. The van der Waals surface area contributed by atoms with Gasteiger partial charge < -0.3 is 5.73 Å². The van der Waals surface area contributed by atoms with Crippen LogP contribution in [0.25, 0.3) is 11.1 Å². The Balaban J connectivity index is 2.28. The van der Waals surface area contributed by atoms with Crippen LogP contribution in [0.2, 0.25) is 0 Å². The minimum atomic E-state index is -4.84. The lowest BCUT2D eigenvalue weighted by molar-refractivity contribution is -0.0885. The monoisotopic (exact) mass is 265 g/mol. The summed E-state index contributed by atoms with van der Waals surface area (Å²) in [5.74, 6) is -1.84. The zero-order chi connectivity index (χ0) is 14.0. The maximum absolute atomic E-state index is 12.2. The molecule has 5 heteroatoms. The molecule has 2 rings (SSSR count). The largest absolute Gasteiger partial charge is 0.454 e. The first-order valence-corrected chi connectivity index (χ1v) is 5.45. The van der Waals surface area contributed by atoms with Crippen LogP contribution in [0.3, 0.4) is 0 Å². The molecule has 0 radical (unpaired) electrons. The predicted octanol–water partition coefficient (Wildman–Crippen LogP) is 3.68. The highest BCUT2D eigenvalue weighted by molar-refractivity contribution is 6.00. The number of halogens is 3. The Morgan fingerprint density at radius 1 is 0.842 bits per heavy atom. The number of nitrogen functional groups attached to an aromatic ring is 1. The average molecular weight is 265 g/mol. The summed E-state index contributed by atoms with van der Waals surface area (Å²) in [4.78, 5) is 11.0. The fraction of sp³-hybridized carbons (Fsp3) is 0.0714. The normalized spacial score (nSPS) is 11.3. The van der Waals surface area contributed by atoms with E-state index in [0.29, 0.717) is 5.69 Å². The first kappa shape index (κ1) is 13.1. The SMILES string of the molecule is Nc1ccc(-c2ccc(C(=O)C(F)(F)F)cc2)cc1. The Morgan fingerprint density at radius 3 is 1.68 bits per heavy atom. The van der Waals surface area contributed by atoms with Crippen LogP contribution in [0.5, 0.6) is 0 Å². The van der Waals surface area contributed by atoms with E-state index in [1.165, 1.54) is 24.3 Å². The van der Waals surface area contributed by atoms with E-state index in [1.54, 1.807) is 24.3 Å². The zero-order valence-electron chi connectivity index (χ0n) is 9.74. The second-order valence-corrected chi connectivity index (χ2v) is 4.03. The molecule has 0 aliphatic carbocycles. The minimum Gasteiger partial charge on any atom is -0.399 e. The number of ketones is 1. The molecular formula is C14H10F3NO. The Bertz CT molecular complexity index is 586. The summed E-state index contributed by atoms with van der Waals surface area (Å²) in [5.41, 5.74) is 7.32. The number of rotatable bonds is 2. The van der Waals surface area contributed by atoms with Gasteiger partial charge in [-0.1, -0.05) is 36.4 Å². The number of hydrogen-bond donors (Lipinski definition) is 1. The van der Waals surface area contributed by atoms with E-state index in [4.69, 9.17) is 5.73 Å². The molecule has 98 valence electrons. The fourth-order valence-corrected chi connectivity index (χ4v) is 1.65. The van der Waals surface area contributed by atoms with Gasteiger partial charge >= 0.3 is 6.18 Å². The van der Waals surface area contributed by atoms with E-state index in [9.17, 15) is 18.0 Å². The van der Waals surface area contributed by atoms with Gasteiger partial charge in [-0.2, -0.15) is 13.2 Å². The topological polar surface area (TPSA) is 43.1 Å². The van der Waals surface area contributed by atoms with Crippen LogP contribution in [0.15, 0.2) is 48.5 Å². The van der Waals surface area contributed by atoms with E-state index < -0.39 is 12.0 Å². The molecule has 0 amide bonds. The Kier molecular flexibility index (Phi) is 3.29. The summed E-state index contributed by atoms with van der Waals surface area (Å²) in [5, 5.41) is 0. The highest BCUT2D eigenvalue weighted by atomic mass is 19.4. The average Bonchev–Trinajstić information content (AvgIpc) is 2.38. The molecule has 0 aliphatic rings. The van der Waals surface area contributed by atoms with Crippen LogP contribution < -0.4 is 5.73 Å². The van der Waals surface area contributed by atoms with Crippen molar-refractivity contribution in [2.45, 2.75) is 6.18 Å². The van der Waals surface area contributed by atoms with Gasteiger partial charge in [0.2, 0.25) is 0 Å². The van der Waals surface area contributed by atoms with Crippen molar-refractivity contribution in [3.63, 3.8) is 0 Å². The molecule has 0 atom stereocenters. The van der Waals surface area contributed by atoms with Gasteiger partial charge in [0.05, 0.1) is 0 Å². The Morgan fingerprint density at radius 2 is 1.26 bits per heavy atom. The van der Waals surface area contributed by atoms with Gasteiger partial charge in [0.1, 0.15) is 0 Å². The number of benzene rings is 2. The number of nitrogens with two attached hydrogens (primary N) is 1. The van der Waals surface area contributed by atoms with Crippen molar-refractivity contribution in [3.8, 4) is 11.1 Å². The van der Waals surface area contributed by atoms with E-state index in [1.807, 2.05) is 0 Å². The van der Waals surface area contributed by atoms with E-state index in [0.717, 1.165) is 11.1 Å². The van der Waals surface area contributed by atoms with E-state index in [-0.39, 0.29) is 5.56 Å². The first-order valence-electron chi connectivity index (χ1n) is 5.45. The molecule has 0 aliphatic heterocycles. The lowest BCUT2D eigenvalue weighted by atomic mass is 10.0. The van der Waals surface area contributed by atoms with Gasteiger partial charge in [-0.25, -0.2) is 0 Å². The fourth-order valence-electron chi connectivity index (χ4n) is 1.65. The third kappa shape index (κ3) is 2.93. The third-order valence-corrected chi connectivity index (χ3v) is 2.65.